The Morgan fingerprint density at radius 3 is 2.57 bits per heavy atom. The van der Waals surface area contributed by atoms with Gasteiger partial charge >= 0.3 is 6.18 Å². The first-order chi connectivity index (χ1) is 16.8. The molecule has 1 aromatic carbocycles. The average Bonchev–Trinajstić information content (AvgIpc) is 3.21. The number of nitrogens with zero attached hydrogens (tertiary/aromatic N) is 3. The van der Waals surface area contributed by atoms with Crippen LogP contribution in [0.1, 0.15) is 28.0 Å². The lowest BCUT2D eigenvalue weighted by Gasteiger charge is -2.35. The number of benzene rings is 1. The van der Waals surface area contributed by atoms with Crippen LogP contribution >= 0.6 is 11.9 Å². The molecule has 0 bridgehead atoms. The van der Waals surface area contributed by atoms with Gasteiger partial charge in [0, 0.05) is 35.9 Å². The molecule has 7 nitrogen and oxygen atoms in total. The highest BCUT2D eigenvalue weighted by Crippen LogP contribution is 2.31. The van der Waals surface area contributed by atoms with Gasteiger partial charge in [-0.1, -0.05) is 12.1 Å². The first-order valence-corrected chi connectivity index (χ1v) is 11.8. The average molecular weight is 502 g/mol. The van der Waals surface area contributed by atoms with Crippen LogP contribution < -0.4 is 10.6 Å². The van der Waals surface area contributed by atoms with Crippen LogP contribution in [0.15, 0.2) is 59.8 Å². The largest absolute Gasteiger partial charge is 0.417 e. The third-order valence-corrected chi connectivity index (χ3v) is 7.09. The third kappa shape index (κ3) is 5.26. The molecule has 2 unspecified atom stereocenters. The molecule has 35 heavy (non-hydrogen) atoms. The monoisotopic (exact) mass is 501 g/mol. The van der Waals surface area contributed by atoms with Crippen LogP contribution in [-0.2, 0) is 12.7 Å². The Morgan fingerprint density at radius 2 is 1.89 bits per heavy atom. The fourth-order valence-corrected chi connectivity index (χ4v) is 5.08. The molecule has 3 N–H and O–H groups in total. The highest BCUT2D eigenvalue weighted by Gasteiger charge is 2.32. The predicted molar refractivity (Wildman–Crippen MR) is 126 cm³/mol. The van der Waals surface area contributed by atoms with E-state index in [1.165, 1.54) is 18.0 Å². The Kier molecular flexibility index (Phi) is 6.39. The van der Waals surface area contributed by atoms with Crippen molar-refractivity contribution in [1.29, 1.82) is 0 Å². The van der Waals surface area contributed by atoms with E-state index in [0.29, 0.717) is 37.4 Å². The van der Waals surface area contributed by atoms with E-state index >= 15 is 0 Å². The van der Waals surface area contributed by atoms with E-state index in [-0.39, 0.29) is 11.9 Å². The van der Waals surface area contributed by atoms with Crippen molar-refractivity contribution in [3.8, 4) is 11.1 Å². The number of fused-ring (bicyclic) bond motifs is 1. The van der Waals surface area contributed by atoms with Crippen molar-refractivity contribution in [3.63, 3.8) is 0 Å². The summed E-state index contributed by atoms with van der Waals surface area (Å²) in [4.78, 5) is 21.1. The molecule has 11 heteroatoms. The quantitative estimate of drug-likeness (QED) is 0.456. The summed E-state index contributed by atoms with van der Waals surface area (Å²) in [5, 5.41) is 16.4. The molecule has 0 saturated carbocycles. The molecule has 0 radical (unpaired) electrons. The SMILES string of the molecule is O=C1NCc2ncc(-c3ccc(SN4CCC(Nc5ccc(C(F)(F)F)cn5)C(O)C4)cc3)cc21. The van der Waals surface area contributed by atoms with Gasteiger partial charge in [-0.05, 0) is 54.3 Å². The fourth-order valence-electron chi connectivity index (χ4n) is 4.10. The fraction of sp³-hybridized carbons (Fsp3) is 0.292. The Hall–Kier alpha value is -3.15. The lowest BCUT2D eigenvalue weighted by atomic mass is 10.0. The number of carbonyl (C=O) groups is 1. The number of aliphatic hydroxyl groups is 1. The number of hydrogen-bond acceptors (Lipinski definition) is 7. The molecule has 0 spiro atoms. The minimum absolute atomic E-state index is 0.105. The van der Waals surface area contributed by atoms with Crippen molar-refractivity contribution < 1.29 is 23.1 Å². The molecule has 1 amide bonds. The number of alkyl halides is 3. The van der Waals surface area contributed by atoms with Crippen molar-refractivity contribution >= 4 is 23.7 Å². The Labute approximate surface area is 203 Å². The summed E-state index contributed by atoms with van der Waals surface area (Å²) in [6.07, 6.45) is -1.97. The van der Waals surface area contributed by atoms with Gasteiger partial charge in [0.05, 0.1) is 35.5 Å². The Bertz CT molecular complexity index is 1220. The van der Waals surface area contributed by atoms with Crippen molar-refractivity contribution in [3.05, 3.63) is 71.7 Å². The molecule has 2 aliphatic heterocycles. The summed E-state index contributed by atoms with van der Waals surface area (Å²) in [5.41, 5.74) is 2.39. The number of anilines is 1. The standard InChI is InChI=1S/C24H22F3N5O2S/c25-24(26,27)16-3-6-22(29-11-16)31-19-7-8-32(13-21(19)33)35-17-4-1-14(2-5-17)15-9-18-20(28-10-15)12-30-23(18)34/h1-6,9-11,19,21,33H,7-8,12-13H2,(H,29,31)(H,30,34). The highest BCUT2D eigenvalue weighted by molar-refractivity contribution is 7.97. The van der Waals surface area contributed by atoms with E-state index < -0.39 is 17.8 Å². The normalized spacial score (nSPS) is 20.4. The van der Waals surface area contributed by atoms with Gasteiger partial charge in [0.2, 0.25) is 0 Å². The van der Waals surface area contributed by atoms with E-state index in [4.69, 9.17) is 0 Å². The molecule has 5 rings (SSSR count). The van der Waals surface area contributed by atoms with E-state index in [1.807, 2.05) is 30.3 Å². The van der Waals surface area contributed by atoms with E-state index in [1.54, 1.807) is 6.20 Å². The summed E-state index contributed by atoms with van der Waals surface area (Å²) in [5.74, 6) is 0.198. The molecule has 2 aromatic heterocycles. The number of aliphatic hydroxyl groups excluding tert-OH is 1. The zero-order valence-electron chi connectivity index (χ0n) is 18.4. The van der Waals surface area contributed by atoms with Crippen molar-refractivity contribution in [2.24, 2.45) is 0 Å². The maximum atomic E-state index is 12.7. The number of carbonyl (C=O) groups excluding carboxylic acids is 1. The topological polar surface area (TPSA) is 90.4 Å². The Morgan fingerprint density at radius 1 is 1.09 bits per heavy atom. The second-order valence-electron chi connectivity index (χ2n) is 8.44. The summed E-state index contributed by atoms with van der Waals surface area (Å²) in [6, 6.07) is 11.7. The molecular formula is C24H22F3N5O2S. The molecule has 1 saturated heterocycles. The van der Waals surface area contributed by atoms with E-state index in [2.05, 4.69) is 24.9 Å². The minimum atomic E-state index is -4.43. The molecule has 0 aliphatic carbocycles. The number of β-amino-alcohol motifs (C(OH)–C–C–N with tert-alkyl or cyclic N) is 1. The van der Waals surface area contributed by atoms with Crippen molar-refractivity contribution in [2.75, 3.05) is 18.4 Å². The second-order valence-corrected chi connectivity index (χ2v) is 9.61. The first-order valence-electron chi connectivity index (χ1n) is 11.0. The zero-order valence-corrected chi connectivity index (χ0v) is 19.2. The minimum Gasteiger partial charge on any atom is -0.390 e. The van der Waals surface area contributed by atoms with Gasteiger partial charge in [0.25, 0.3) is 5.91 Å². The van der Waals surface area contributed by atoms with E-state index in [9.17, 15) is 23.1 Å². The van der Waals surface area contributed by atoms with Gasteiger partial charge in [-0.15, -0.1) is 0 Å². The number of rotatable bonds is 5. The van der Waals surface area contributed by atoms with Gasteiger partial charge < -0.3 is 15.7 Å². The van der Waals surface area contributed by atoms with Gasteiger partial charge in [-0.3, -0.25) is 9.78 Å². The van der Waals surface area contributed by atoms with Gasteiger partial charge in [0.1, 0.15) is 5.82 Å². The van der Waals surface area contributed by atoms with Crippen LogP contribution in [0.4, 0.5) is 19.0 Å². The van der Waals surface area contributed by atoms with Crippen LogP contribution in [0.5, 0.6) is 0 Å². The molecule has 4 heterocycles. The first kappa shape index (κ1) is 23.6. The van der Waals surface area contributed by atoms with Crippen LogP contribution in [0, 0.1) is 0 Å². The number of piperidine rings is 1. The molecule has 1 fully saturated rings. The summed E-state index contributed by atoms with van der Waals surface area (Å²) in [6.45, 7) is 1.54. The van der Waals surface area contributed by atoms with E-state index in [0.717, 1.165) is 34.0 Å². The van der Waals surface area contributed by atoms with Gasteiger partial charge in [-0.2, -0.15) is 13.2 Å². The number of halogens is 3. The number of pyridine rings is 2. The van der Waals surface area contributed by atoms with Crippen molar-refractivity contribution in [2.45, 2.75) is 36.2 Å². The molecule has 182 valence electrons. The lowest BCUT2D eigenvalue weighted by molar-refractivity contribution is -0.137. The van der Waals surface area contributed by atoms with Crippen LogP contribution in [0.2, 0.25) is 0 Å². The molecular weight excluding hydrogens is 479 g/mol. The summed E-state index contributed by atoms with van der Waals surface area (Å²) >= 11 is 1.53. The number of hydrogen-bond donors (Lipinski definition) is 3. The molecule has 2 atom stereocenters. The maximum absolute atomic E-state index is 12.7. The smallest absolute Gasteiger partial charge is 0.390 e. The Balaban J connectivity index is 1.16. The number of aromatic nitrogens is 2. The van der Waals surface area contributed by atoms with Crippen LogP contribution in [-0.4, -0.2) is 50.5 Å². The van der Waals surface area contributed by atoms with Crippen molar-refractivity contribution in [1.82, 2.24) is 19.6 Å². The van der Waals surface area contributed by atoms with Gasteiger partial charge in [-0.25, -0.2) is 9.29 Å². The lowest BCUT2D eigenvalue weighted by Crippen LogP contribution is -2.47. The summed E-state index contributed by atoms with van der Waals surface area (Å²) in [7, 11) is 0. The highest BCUT2D eigenvalue weighted by atomic mass is 32.2. The summed E-state index contributed by atoms with van der Waals surface area (Å²) < 4.78 is 40.2. The third-order valence-electron chi connectivity index (χ3n) is 6.02. The predicted octanol–water partition coefficient (Wildman–Crippen LogP) is 3.96. The van der Waals surface area contributed by atoms with Gasteiger partial charge in [0.15, 0.2) is 0 Å². The zero-order chi connectivity index (χ0) is 24.6. The molecule has 3 aromatic rings. The van der Waals surface area contributed by atoms with Crippen LogP contribution in [0.25, 0.3) is 11.1 Å². The number of nitrogens with one attached hydrogen (secondary N) is 2. The number of amides is 1. The maximum Gasteiger partial charge on any atom is 0.417 e. The molecule has 2 aliphatic rings. The van der Waals surface area contributed by atoms with Crippen LogP contribution in [0.3, 0.4) is 0 Å². The second kappa shape index (κ2) is 9.48.